The second-order valence-electron chi connectivity index (χ2n) is 8.39. The zero-order valence-corrected chi connectivity index (χ0v) is 17.9. The number of ether oxygens (including phenoxy) is 2. The first-order chi connectivity index (χ1) is 15.3. The number of para-hydroxylation sites is 1. The van der Waals surface area contributed by atoms with Gasteiger partial charge in [0.1, 0.15) is 36.0 Å². The van der Waals surface area contributed by atoms with Gasteiger partial charge in [0.15, 0.2) is 6.23 Å². The van der Waals surface area contributed by atoms with Crippen LogP contribution >= 0.6 is 0 Å². The van der Waals surface area contributed by atoms with E-state index in [4.69, 9.17) is 9.47 Å². The highest BCUT2D eigenvalue weighted by Crippen LogP contribution is 2.34. The standard InChI is InChI=1S/C24H28FNO6/c1-13(2)31-16-8-7-14(18(25)10-16)9-15-11-26(19-6-4-3-5-17(15)19)24-23(30)22(29)21(28)20(12-27)32-24/h3-8,10-11,13,20-24,27-30H,9,12H2,1-2H3/t20-,21-,22+,23-,24-/m1/s1. The molecule has 1 saturated heterocycles. The topological polar surface area (TPSA) is 104 Å². The summed E-state index contributed by atoms with van der Waals surface area (Å²) < 4.78 is 27.7. The molecule has 4 rings (SSSR count). The van der Waals surface area contributed by atoms with Gasteiger partial charge in [-0.3, -0.25) is 0 Å². The summed E-state index contributed by atoms with van der Waals surface area (Å²) >= 11 is 0. The van der Waals surface area contributed by atoms with Crippen LogP contribution in [-0.2, 0) is 11.2 Å². The van der Waals surface area contributed by atoms with E-state index >= 15 is 0 Å². The van der Waals surface area contributed by atoms with Crippen LogP contribution in [0.25, 0.3) is 10.9 Å². The monoisotopic (exact) mass is 445 g/mol. The number of benzene rings is 2. The Bertz CT molecular complexity index is 1080. The van der Waals surface area contributed by atoms with Crippen molar-refractivity contribution in [2.45, 2.75) is 57.0 Å². The minimum Gasteiger partial charge on any atom is -0.491 e. The van der Waals surface area contributed by atoms with Gasteiger partial charge in [-0.25, -0.2) is 4.39 Å². The molecule has 5 atom stereocenters. The molecule has 2 aromatic carbocycles. The van der Waals surface area contributed by atoms with Gasteiger partial charge in [-0.15, -0.1) is 0 Å². The maximum atomic E-state index is 14.8. The normalized spacial score (nSPS) is 26.1. The zero-order valence-electron chi connectivity index (χ0n) is 17.9. The Morgan fingerprint density at radius 2 is 1.78 bits per heavy atom. The number of aliphatic hydroxyl groups is 4. The fraction of sp³-hybridized carbons (Fsp3) is 0.417. The van der Waals surface area contributed by atoms with Gasteiger partial charge >= 0.3 is 0 Å². The summed E-state index contributed by atoms with van der Waals surface area (Å²) in [5, 5.41) is 41.2. The molecule has 8 heteroatoms. The first kappa shape index (κ1) is 22.7. The van der Waals surface area contributed by atoms with E-state index in [0.29, 0.717) is 23.3 Å². The number of nitrogens with zero attached hydrogens (tertiary/aromatic N) is 1. The lowest BCUT2D eigenvalue weighted by molar-refractivity contribution is -0.250. The van der Waals surface area contributed by atoms with Crippen molar-refractivity contribution in [3.63, 3.8) is 0 Å². The third kappa shape index (κ3) is 4.24. The molecule has 1 aromatic heterocycles. The number of halogens is 1. The Hall–Kier alpha value is -2.49. The Morgan fingerprint density at radius 3 is 2.47 bits per heavy atom. The molecule has 0 saturated carbocycles. The van der Waals surface area contributed by atoms with Gasteiger partial charge in [0, 0.05) is 24.1 Å². The minimum absolute atomic E-state index is 0.0586. The first-order valence-electron chi connectivity index (χ1n) is 10.6. The molecule has 0 spiro atoms. The van der Waals surface area contributed by atoms with E-state index in [-0.39, 0.29) is 11.9 Å². The molecule has 0 unspecified atom stereocenters. The van der Waals surface area contributed by atoms with Crippen LogP contribution in [-0.4, -0.2) is 62.1 Å². The lowest BCUT2D eigenvalue weighted by Crippen LogP contribution is -2.56. The van der Waals surface area contributed by atoms with E-state index in [2.05, 4.69) is 0 Å². The highest BCUT2D eigenvalue weighted by molar-refractivity contribution is 5.84. The van der Waals surface area contributed by atoms with Gasteiger partial charge in [0.25, 0.3) is 0 Å². The molecule has 1 aliphatic heterocycles. The van der Waals surface area contributed by atoms with Gasteiger partial charge in [-0.05, 0) is 37.1 Å². The molecule has 0 amide bonds. The molecule has 1 fully saturated rings. The quantitative estimate of drug-likeness (QED) is 0.464. The molecule has 7 nitrogen and oxygen atoms in total. The minimum atomic E-state index is -1.48. The average Bonchev–Trinajstić information content (AvgIpc) is 3.12. The van der Waals surface area contributed by atoms with Gasteiger partial charge in [0.05, 0.1) is 18.2 Å². The zero-order chi connectivity index (χ0) is 23.0. The fourth-order valence-corrected chi connectivity index (χ4v) is 4.16. The average molecular weight is 445 g/mol. The number of hydrogen-bond donors (Lipinski definition) is 4. The van der Waals surface area contributed by atoms with Crippen molar-refractivity contribution in [3.05, 3.63) is 65.6 Å². The predicted molar refractivity (Wildman–Crippen MR) is 116 cm³/mol. The van der Waals surface area contributed by atoms with E-state index < -0.39 is 37.3 Å². The molecule has 0 radical (unpaired) electrons. The van der Waals surface area contributed by atoms with Gasteiger partial charge < -0.3 is 34.5 Å². The molecule has 3 aromatic rings. The Balaban J connectivity index is 1.70. The largest absolute Gasteiger partial charge is 0.491 e. The Labute approximate surface area is 185 Å². The van der Waals surface area contributed by atoms with Crippen LogP contribution in [0.15, 0.2) is 48.7 Å². The van der Waals surface area contributed by atoms with Crippen molar-refractivity contribution in [2.24, 2.45) is 0 Å². The van der Waals surface area contributed by atoms with Crippen LogP contribution in [0, 0.1) is 5.82 Å². The van der Waals surface area contributed by atoms with E-state index in [1.807, 2.05) is 38.1 Å². The first-order valence-corrected chi connectivity index (χ1v) is 10.6. The second kappa shape index (κ2) is 9.17. The van der Waals surface area contributed by atoms with E-state index in [1.54, 1.807) is 22.9 Å². The van der Waals surface area contributed by atoms with Crippen molar-refractivity contribution in [2.75, 3.05) is 6.61 Å². The highest BCUT2D eigenvalue weighted by atomic mass is 19.1. The van der Waals surface area contributed by atoms with Crippen molar-refractivity contribution in [3.8, 4) is 5.75 Å². The van der Waals surface area contributed by atoms with Crippen LogP contribution in [0.2, 0.25) is 0 Å². The van der Waals surface area contributed by atoms with E-state index in [1.165, 1.54) is 6.07 Å². The van der Waals surface area contributed by atoms with Crippen LogP contribution < -0.4 is 4.74 Å². The molecule has 0 bridgehead atoms. The summed E-state index contributed by atoms with van der Waals surface area (Å²) in [5.41, 5.74) is 2.00. The fourth-order valence-electron chi connectivity index (χ4n) is 4.16. The summed E-state index contributed by atoms with van der Waals surface area (Å²) in [5.74, 6) is 0.0813. The SMILES string of the molecule is CC(C)Oc1ccc(Cc2cn([C@@H]3O[C@H](CO)[C@@H](O)[C@H](O)[C@H]3O)c3ccccc23)c(F)c1. The lowest BCUT2D eigenvalue weighted by atomic mass is 9.98. The van der Waals surface area contributed by atoms with Crippen LogP contribution in [0.4, 0.5) is 4.39 Å². The van der Waals surface area contributed by atoms with Crippen molar-refractivity contribution < 1.29 is 34.3 Å². The van der Waals surface area contributed by atoms with Gasteiger partial charge in [0.2, 0.25) is 0 Å². The number of hydrogen-bond acceptors (Lipinski definition) is 6. The maximum Gasteiger partial charge on any atom is 0.163 e. The van der Waals surface area contributed by atoms with Crippen LogP contribution in [0.3, 0.4) is 0 Å². The summed E-state index contributed by atoms with van der Waals surface area (Å²) in [7, 11) is 0. The molecular formula is C24H28FNO6. The molecule has 1 aliphatic rings. The molecular weight excluding hydrogens is 417 g/mol. The van der Waals surface area contributed by atoms with Gasteiger partial charge in [-0.2, -0.15) is 0 Å². The molecule has 32 heavy (non-hydrogen) atoms. The second-order valence-corrected chi connectivity index (χ2v) is 8.39. The van der Waals surface area contributed by atoms with E-state index in [0.717, 1.165) is 10.9 Å². The third-order valence-corrected chi connectivity index (χ3v) is 5.74. The number of aliphatic hydroxyl groups excluding tert-OH is 4. The third-order valence-electron chi connectivity index (χ3n) is 5.74. The van der Waals surface area contributed by atoms with Crippen molar-refractivity contribution in [1.29, 1.82) is 0 Å². The van der Waals surface area contributed by atoms with Crippen molar-refractivity contribution >= 4 is 10.9 Å². The molecule has 172 valence electrons. The Morgan fingerprint density at radius 1 is 1.03 bits per heavy atom. The molecule has 4 N–H and O–H groups in total. The molecule has 0 aliphatic carbocycles. The smallest absolute Gasteiger partial charge is 0.163 e. The predicted octanol–water partition coefficient (Wildman–Crippen LogP) is 2.13. The number of aromatic nitrogens is 1. The number of fused-ring (bicyclic) bond motifs is 1. The molecule has 2 heterocycles. The lowest BCUT2D eigenvalue weighted by Gasteiger charge is -2.40. The summed E-state index contributed by atoms with van der Waals surface area (Å²) in [6.07, 6.45) is -4.41. The van der Waals surface area contributed by atoms with Gasteiger partial charge in [-0.1, -0.05) is 24.3 Å². The van der Waals surface area contributed by atoms with E-state index in [9.17, 15) is 24.8 Å². The van der Waals surface area contributed by atoms with Crippen LogP contribution in [0.5, 0.6) is 5.75 Å². The maximum absolute atomic E-state index is 14.8. The Kier molecular flexibility index (Phi) is 6.50. The number of rotatable bonds is 6. The highest BCUT2D eigenvalue weighted by Gasteiger charge is 2.44. The summed E-state index contributed by atoms with van der Waals surface area (Å²) in [4.78, 5) is 0. The van der Waals surface area contributed by atoms with Crippen LogP contribution in [0.1, 0.15) is 31.2 Å². The summed E-state index contributed by atoms with van der Waals surface area (Å²) in [6, 6.07) is 12.2. The van der Waals surface area contributed by atoms with Crippen molar-refractivity contribution in [1.82, 2.24) is 4.57 Å². The summed E-state index contributed by atoms with van der Waals surface area (Å²) in [6.45, 7) is 3.24.